The Morgan fingerprint density at radius 3 is 2.55 bits per heavy atom. The second-order valence-corrected chi connectivity index (χ2v) is 9.78. The summed E-state index contributed by atoms with van der Waals surface area (Å²) in [6, 6.07) is 13.2. The highest BCUT2D eigenvalue weighted by Gasteiger charge is 2.43. The molecule has 2 aromatic carbocycles. The number of nitrogens with one attached hydrogen (secondary N) is 2. The van der Waals surface area contributed by atoms with Gasteiger partial charge in [-0.05, 0) is 55.7 Å². The summed E-state index contributed by atoms with van der Waals surface area (Å²) >= 11 is 0. The third kappa shape index (κ3) is 5.01. The van der Waals surface area contributed by atoms with Crippen molar-refractivity contribution in [2.24, 2.45) is 0 Å². The molecule has 0 radical (unpaired) electrons. The van der Waals surface area contributed by atoms with E-state index in [2.05, 4.69) is 15.6 Å². The normalized spacial score (nSPS) is 15.7. The predicted molar refractivity (Wildman–Crippen MR) is 141 cm³/mol. The zero-order valence-corrected chi connectivity index (χ0v) is 21.5. The first-order valence-electron chi connectivity index (χ1n) is 13.0. The molecular weight excluding hydrogens is 486 g/mol. The molecule has 1 fully saturated rings. The number of para-hydroxylation sites is 2. The average Bonchev–Trinajstić information content (AvgIpc) is 3.57. The largest absolute Gasteiger partial charge is 0.497 e. The van der Waals surface area contributed by atoms with Gasteiger partial charge in [-0.2, -0.15) is 0 Å². The van der Waals surface area contributed by atoms with Gasteiger partial charge in [0.05, 0.1) is 13.2 Å². The predicted octanol–water partition coefficient (Wildman–Crippen LogP) is 5.18. The minimum Gasteiger partial charge on any atom is -0.497 e. The summed E-state index contributed by atoms with van der Waals surface area (Å²) in [6.45, 7) is 1.94. The van der Waals surface area contributed by atoms with E-state index in [-0.39, 0.29) is 23.3 Å². The van der Waals surface area contributed by atoms with Crippen molar-refractivity contribution >= 4 is 39.7 Å². The maximum Gasteiger partial charge on any atom is 0.287 e. The average molecular weight is 518 g/mol. The zero-order chi connectivity index (χ0) is 26.7. The SMILES string of the molecule is CCC[C@H](NC(=O)C1(NC(=O)c2cc3cc(OC)ccc3o2)CCCCC1)C(=O)c1nc2ccccc2o1. The van der Waals surface area contributed by atoms with Gasteiger partial charge in [-0.15, -0.1) is 0 Å². The molecule has 38 heavy (non-hydrogen) atoms. The number of rotatable bonds is 9. The van der Waals surface area contributed by atoms with E-state index in [1.54, 1.807) is 49.6 Å². The molecule has 9 heteroatoms. The number of carbonyl (C=O) groups excluding carboxylic acids is 3. The fraction of sp³-hybridized carbons (Fsp3) is 0.379. The number of nitrogens with zero attached hydrogens (tertiary/aromatic N) is 1. The van der Waals surface area contributed by atoms with Crippen LogP contribution in [0.25, 0.3) is 22.1 Å². The second-order valence-electron chi connectivity index (χ2n) is 9.78. The highest BCUT2D eigenvalue weighted by atomic mass is 16.5. The van der Waals surface area contributed by atoms with Crippen LogP contribution < -0.4 is 15.4 Å². The van der Waals surface area contributed by atoms with Gasteiger partial charge in [0.15, 0.2) is 11.3 Å². The number of aromatic nitrogens is 1. The van der Waals surface area contributed by atoms with Gasteiger partial charge >= 0.3 is 0 Å². The molecule has 2 amide bonds. The zero-order valence-electron chi connectivity index (χ0n) is 21.5. The number of carbonyl (C=O) groups is 3. The van der Waals surface area contributed by atoms with Gasteiger partial charge in [-0.25, -0.2) is 4.98 Å². The number of furan rings is 1. The highest BCUT2D eigenvalue weighted by molar-refractivity contribution is 6.03. The Morgan fingerprint density at radius 1 is 1.03 bits per heavy atom. The lowest BCUT2D eigenvalue weighted by Gasteiger charge is -2.37. The number of Topliss-reactive ketones (excluding diaryl/α,β-unsaturated/α-hetero) is 1. The molecule has 0 spiro atoms. The van der Waals surface area contributed by atoms with E-state index in [9.17, 15) is 14.4 Å². The maximum absolute atomic E-state index is 13.8. The first-order chi connectivity index (χ1) is 18.4. The van der Waals surface area contributed by atoms with Crippen molar-refractivity contribution in [2.75, 3.05) is 7.11 Å². The van der Waals surface area contributed by atoms with Crippen molar-refractivity contribution in [2.45, 2.75) is 63.5 Å². The van der Waals surface area contributed by atoms with Crippen LogP contribution in [0.5, 0.6) is 5.75 Å². The number of ether oxygens (including phenoxy) is 1. The molecule has 9 nitrogen and oxygen atoms in total. The number of ketones is 1. The molecule has 1 aliphatic carbocycles. The summed E-state index contributed by atoms with van der Waals surface area (Å²) in [5, 5.41) is 6.60. The molecule has 1 aliphatic rings. The molecule has 1 saturated carbocycles. The molecule has 4 aromatic rings. The number of amides is 2. The van der Waals surface area contributed by atoms with Crippen molar-refractivity contribution in [3.05, 3.63) is 60.2 Å². The van der Waals surface area contributed by atoms with Crippen LogP contribution in [-0.2, 0) is 4.79 Å². The topological polar surface area (TPSA) is 124 Å². The van der Waals surface area contributed by atoms with Crippen molar-refractivity contribution < 1.29 is 28.0 Å². The van der Waals surface area contributed by atoms with Gasteiger partial charge in [0.25, 0.3) is 11.8 Å². The van der Waals surface area contributed by atoms with E-state index in [4.69, 9.17) is 13.6 Å². The van der Waals surface area contributed by atoms with E-state index < -0.39 is 17.5 Å². The Kier molecular flexibility index (Phi) is 7.18. The molecule has 198 valence electrons. The minimum atomic E-state index is -1.15. The molecule has 2 aromatic heterocycles. The quantitative estimate of drug-likeness (QED) is 0.293. The Bertz CT molecular complexity index is 1450. The van der Waals surface area contributed by atoms with Gasteiger partial charge in [-0.3, -0.25) is 14.4 Å². The van der Waals surface area contributed by atoms with Crippen molar-refractivity contribution in [3.63, 3.8) is 0 Å². The number of benzene rings is 2. The van der Waals surface area contributed by atoms with Crippen molar-refractivity contribution in [3.8, 4) is 5.75 Å². The molecule has 2 heterocycles. The number of methoxy groups -OCH3 is 1. The van der Waals surface area contributed by atoms with Crippen LogP contribution in [0.4, 0.5) is 0 Å². The van der Waals surface area contributed by atoms with Gasteiger partial charge in [0, 0.05) is 5.39 Å². The molecule has 0 unspecified atom stereocenters. The third-order valence-electron chi connectivity index (χ3n) is 7.15. The van der Waals surface area contributed by atoms with Crippen molar-refractivity contribution in [1.29, 1.82) is 0 Å². The van der Waals surface area contributed by atoms with E-state index in [1.165, 1.54) is 0 Å². The fourth-order valence-corrected chi connectivity index (χ4v) is 5.08. The lowest BCUT2D eigenvalue weighted by Crippen LogP contribution is -2.61. The molecule has 5 rings (SSSR count). The summed E-state index contributed by atoms with van der Waals surface area (Å²) in [4.78, 5) is 44.7. The third-order valence-corrected chi connectivity index (χ3v) is 7.15. The summed E-state index contributed by atoms with van der Waals surface area (Å²) in [7, 11) is 1.57. The lowest BCUT2D eigenvalue weighted by molar-refractivity contribution is -0.129. The van der Waals surface area contributed by atoms with Crippen LogP contribution in [0.2, 0.25) is 0 Å². The summed E-state index contributed by atoms with van der Waals surface area (Å²) < 4.78 is 16.7. The van der Waals surface area contributed by atoms with Gasteiger partial charge in [0.2, 0.25) is 11.7 Å². The van der Waals surface area contributed by atoms with Gasteiger partial charge in [0.1, 0.15) is 22.4 Å². The Balaban J connectivity index is 1.37. The first-order valence-corrected chi connectivity index (χ1v) is 13.0. The number of hydrogen-bond acceptors (Lipinski definition) is 7. The Hall–Kier alpha value is -4.14. The lowest BCUT2D eigenvalue weighted by atomic mass is 9.80. The standard InChI is InChI=1S/C29H31N3O6/c1-3-9-21(25(33)27-30-20-10-5-6-11-23(20)38-27)31-28(35)29(14-7-4-8-15-29)32-26(34)24-17-18-16-19(36-2)12-13-22(18)37-24/h5-6,10-13,16-17,21H,3-4,7-9,14-15H2,1-2H3,(H,31,35)(H,32,34)/t21-/m0/s1. The van der Waals surface area contributed by atoms with Crippen LogP contribution >= 0.6 is 0 Å². The Morgan fingerprint density at radius 2 is 1.82 bits per heavy atom. The van der Waals surface area contributed by atoms with Crippen LogP contribution in [0.3, 0.4) is 0 Å². The van der Waals surface area contributed by atoms with Crippen LogP contribution in [-0.4, -0.2) is 41.3 Å². The van der Waals surface area contributed by atoms with E-state index >= 15 is 0 Å². The fourth-order valence-electron chi connectivity index (χ4n) is 5.08. The Labute approximate surface area is 219 Å². The van der Waals surface area contributed by atoms with E-state index in [0.717, 1.165) is 24.6 Å². The number of hydrogen-bond donors (Lipinski definition) is 2. The molecule has 0 bridgehead atoms. The number of fused-ring (bicyclic) bond motifs is 2. The van der Waals surface area contributed by atoms with Crippen LogP contribution in [0.15, 0.2) is 57.4 Å². The van der Waals surface area contributed by atoms with Crippen molar-refractivity contribution in [1.82, 2.24) is 15.6 Å². The monoisotopic (exact) mass is 517 g/mol. The molecule has 2 N–H and O–H groups in total. The smallest absolute Gasteiger partial charge is 0.287 e. The molecule has 1 atom stereocenters. The molecular formula is C29H31N3O6. The summed E-state index contributed by atoms with van der Waals surface area (Å²) in [5.74, 6) is -0.525. The first kappa shape index (κ1) is 25.5. The second kappa shape index (κ2) is 10.7. The maximum atomic E-state index is 13.8. The van der Waals surface area contributed by atoms with Crippen LogP contribution in [0, 0.1) is 0 Å². The molecule has 0 aliphatic heterocycles. The van der Waals surface area contributed by atoms with E-state index in [0.29, 0.717) is 48.1 Å². The molecule has 0 saturated heterocycles. The van der Waals surface area contributed by atoms with E-state index in [1.807, 2.05) is 13.0 Å². The highest BCUT2D eigenvalue weighted by Crippen LogP contribution is 2.31. The van der Waals surface area contributed by atoms with Gasteiger partial charge < -0.3 is 24.2 Å². The number of oxazole rings is 1. The summed E-state index contributed by atoms with van der Waals surface area (Å²) in [5.41, 5.74) is 0.485. The minimum absolute atomic E-state index is 0.0376. The van der Waals surface area contributed by atoms with Crippen LogP contribution in [0.1, 0.15) is 73.1 Å². The van der Waals surface area contributed by atoms with Gasteiger partial charge in [-0.1, -0.05) is 44.7 Å². The summed E-state index contributed by atoms with van der Waals surface area (Å²) in [6.07, 6.45) is 4.54.